The lowest BCUT2D eigenvalue weighted by molar-refractivity contribution is -0.257. The van der Waals surface area contributed by atoms with Gasteiger partial charge in [0.2, 0.25) is 0 Å². The minimum absolute atomic E-state index is 0.0246. The Balaban J connectivity index is 1.34. The molecule has 0 spiro atoms. The lowest BCUT2D eigenvalue weighted by atomic mass is 9.36. The molecule has 0 radical (unpaired) electrons. The molecule has 1 aliphatic heterocycles. The van der Waals surface area contributed by atoms with Crippen molar-refractivity contribution < 1.29 is 33.3 Å². The van der Waals surface area contributed by atoms with E-state index in [1.807, 2.05) is 24.5 Å². The van der Waals surface area contributed by atoms with Crippen molar-refractivity contribution in [3.05, 3.63) is 71.7 Å². The van der Waals surface area contributed by atoms with Gasteiger partial charge >= 0.3 is 11.9 Å². The average Bonchev–Trinajstić information content (AvgIpc) is 3.69. The third-order valence-corrected chi connectivity index (χ3v) is 12.5. The van der Waals surface area contributed by atoms with Crippen molar-refractivity contribution in [3.8, 4) is 0 Å². The summed E-state index contributed by atoms with van der Waals surface area (Å²) in [6, 6.07) is 11.1. The summed E-state index contributed by atoms with van der Waals surface area (Å²) in [5.41, 5.74) is 1.21. The van der Waals surface area contributed by atoms with E-state index in [1.165, 1.54) is 18.1 Å². The number of carbonyl (C=O) groups excluding carboxylic acids is 2. The van der Waals surface area contributed by atoms with Crippen LogP contribution in [0.2, 0.25) is 0 Å². The molecule has 1 N–H and O–H groups in total. The first-order valence-electron chi connectivity index (χ1n) is 15.4. The predicted octanol–water partition coefficient (Wildman–Crippen LogP) is 6.08. The van der Waals surface area contributed by atoms with Crippen LogP contribution in [0.1, 0.15) is 82.1 Å². The van der Waals surface area contributed by atoms with Crippen LogP contribution in [0.15, 0.2) is 65.0 Å². The summed E-state index contributed by atoms with van der Waals surface area (Å²) in [6.07, 6.45) is 6.84. The number of allylic oxidation sites excluding steroid dienone is 1. The Labute approximate surface area is 247 Å². The number of furan rings is 1. The highest BCUT2D eigenvalue weighted by atomic mass is 16.6. The summed E-state index contributed by atoms with van der Waals surface area (Å²) in [4.78, 5) is 25.9. The SMILES string of the molecule is CC(=O)O[C@@H]1C[C@H](OC(=O)c2ccccc2)[C@@]2(C)C3C(OC[C@@]31C)[C@@H](O)[C@@]1(C)C3=CC[C@@H](c4ccoc4)[C@]3(C)CCC21. The quantitative estimate of drug-likeness (QED) is 0.349. The lowest BCUT2D eigenvalue weighted by Gasteiger charge is -2.69. The summed E-state index contributed by atoms with van der Waals surface area (Å²) in [5, 5.41) is 12.4. The van der Waals surface area contributed by atoms with Crippen LogP contribution in [0.25, 0.3) is 0 Å². The first-order valence-corrected chi connectivity index (χ1v) is 15.4. The van der Waals surface area contributed by atoms with Crippen molar-refractivity contribution in [1.82, 2.24) is 0 Å². The number of ether oxygens (including phenoxy) is 3. The number of hydrogen-bond donors (Lipinski definition) is 1. The zero-order valence-corrected chi connectivity index (χ0v) is 25.2. The number of fused-ring (bicyclic) bond motifs is 4. The molecular weight excluding hydrogens is 532 g/mol. The molecule has 4 aliphatic carbocycles. The van der Waals surface area contributed by atoms with Crippen LogP contribution in [-0.4, -0.2) is 48.1 Å². The van der Waals surface area contributed by atoms with Gasteiger partial charge in [-0.3, -0.25) is 4.79 Å². The normalized spacial score (nSPS) is 45.3. The summed E-state index contributed by atoms with van der Waals surface area (Å²) >= 11 is 0. The topological polar surface area (TPSA) is 95.2 Å². The van der Waals surface area contributed by atoms with Crippen LogP contribution in [0, 0.1) is 33.5 Å². The van der Waals surface area contributed by atoms with Crippen molar-refractivity contribution >= 4 is 11.9 Å². The van der Waals surface area contributed by atoms with E-state index in [4.69, 9.17) is 18.6 Å². The van der Waals surface area contributed by atoms with E-state index in [9.17, 15) is 14.7 Å². The molecule has 11 atom stereocenters. The van der Waals surface area contributed by atoms with Gasteiger partial charge in [0, 0.05) is 35.5 Å². The summed E-state index contributed by atoms with van der Waals surface area (Å²) < 4.78 is 24.5. The molecule has 4 fully saturated rings. The third kappa shape index (κ3) is 3.53. The van der Waals surface area contributed by atoms with Gasteiger partial charge in [0.1, 0.15) is 12.2 Å². The van der Waals surface area contributed by atoms with Crippen LogP contribution in [0.3, 0.4) is 0 Å². The molecule has 1 aromatic carbocycles. The van der Waals surface area contributed by atoms with Crippen molar-refractivity contribution in [1.29, 1.82) is 0 Å². The smallest absolute Gasteiger partial charge is 0.338 e. The Hall–Kier alpha value is -2.90. The van der Waals surface area contributed by atoms with Crippen molar-refractivity contribution in [2.45, 2.75) is 90.6 Å². The van der Waals surface area contributed by atoms with Gasteiger partial charge in [-0.05, 0) is 60.3 Å². The van der Waals surface area contributed by atoms with Gasteiger partial charge in [-0.25, -0.2) is 4.79 Å². The Morgan fingerprint density at radius 3 is 2.48 bits per heavy atom. The zero-order valence-electron chi connectivity index (χ0n) is 25.2. The van der Waals surface area contributed by atoms with Gasteiger partial charge < -0.3 is 23.7 Å². The second-order valence-electron chi connectivity index (χ2n) is 14.4. The fourth-order valence-electron chi connectivity index (χ4n) is 10.8. The van der Waals surface area contributed by atoms with Gasteiger partial charge in [0.15, 0.2) is 0 Å². The first kappa shape index (κ1) is 27.9. The molecule has 0 amide bonds. The van der Waals surface area contributed by atoms with Crippen LogP contribution < -0.4 is 0 Å². The molecular formula is C35H42O7. The highest BCUT2D eigenvalue weighted by molar-refractivity contribution is 5.89. The molecule has 2 aromatic rings. The van der Waals surface area contributed by atoms with E-state index in [2.05, 4.69) is 39.8 Å². The fourth-order valence-corrected chi connectivity index (χ4v) is 10.8. The van der Waals surface area contributed by atoms with Gasteiger partial charge in [-0.15, -0.1) is 0 Å². The van der Waals surface area contributed by atoms with E-state index in [-0.39, 0.29) is 35.1 Å². The van der Waals surface area contributed by atoms with E-state index >= 15 is 0 Å². The van der Waals surface area contributed by atoms with Crippen LogP contribution in [-0.2, 0) is 19.0 Å². The van der Waals surface area contributed by atoms with E-state index in [0.29, 0.717) is 18.6 Å². The number of esters is 2. The Morgan fingerprint density at radius 1 is 1.02 bits per heavy atom. The summed E-state index contributed by atoms with van der Waals surface area (Å²) in [7, 11) is 0. The van der Waals surface area contributed by atoms with E-state index < -0.39 is 40.7 Å². The number of benzene rings is 1. The molecule has 7 heteroatoms. The predicted molar refractivity (Wildman–Crippen MR) is 154 cm³/mol. The molecule has 1 saturated heterocycles. The highest BCUT2D eigenvalue weighted by Crippen LogP contribution is 2.75. The number of hydrogen-bond acceptors (Lipinski definition) is 7. The number of aliphatic hydroxyl groups excluding tert-OH is 1. The van der Waals surface area contributed by atoms with Gasteiger partial charge in [-0.2, -0.15) is 0 Å². The largest absolute Gasteiger partial charge is 0.472 e. The molecule has 42 heavy (non-hydrogen) atoms. The molecule has 2 heterocycles. The molecule has 0 bridgehead atoms. The minimum atomic E-state index is -0.752. The fraction of sp³-hybridized carbons (Fsp3) is 0.600. The number of rotatable bonds is 4. The number of aliphatic hydroxyl groups is 1. The van der Waals surface area contributed by atoms with E-state index in [1.54, 1.807) is 18.4 Å². The standard InChI is InChI=1S/C35H42O7/c1-20(36)41-26-17-27(42-31(38)21-9-7-6-8-10-21)35(5)25-13-15-32(2)23(22-14-16-39-18-22)11-12-24(32)34(25,4)30(37)28-29(35)33(26,3)19-40-28/h6-10,12,14,16,18,23,25-30,37H,11,13,15,17,19H2,1-5H3/t23-,25?,26+,27-,28?,29?,30+,32-,33+,34-,35-/m0/s1. The summed E-state index contributed by atoms with van der Waals surface area (Å²) in [6.45, 7) is 10.8. The monoisotopic (exact) mass is 574 g/mol. The van der Waals surface area contributed by atoms with Crippen molar-refractivity contribution in [2.24, 2.45) is 33.5 Å². The van der Waals surface area contributed by atoms with Crippen LogP contribution in [0.5, 0.6) is 0 Å². The highest BCUT2D eigenvalue weighted by Gasteiger charge is 2.77. The van der Waals surface area contributed by atoms with E-state index in [0.717, 1.165) is 19.3 Å². The molecule has 1 aromatic heterocycles. The Bertz CT molecular complexity index is 1420. The molecule has 7 nitrogen and oxygen atoms in total. The molecule has 3 saturated carbocycles. The maximum atomic E-state index is 13.6. The Kier molecular flexibility index (Phi) is 6.18. The Morgan fingerprint density at radius 2 is 1.79 bits per heavy atom. The molecule has 5 aliphatic rings. The van der Waals surface area contributed by atoms with Crippen LogP contribution in [0.4, 0.5) is 0 Å². The first-order chi connectivity index (χ1) is 20.0. The maximum absolute atomic E-state index is 13.6. The van der Waals surface area contributed by atoms with Gasteiger partial charge in [-0.1, -0.05) is 57.5 Å². The van der Waals surface area contributed by atoms with Gasteiger partial charge in [0.25, 0.3) is 0 Å². The summed E-state index contributed by atoms with van der Waals surface area (Å²) in [5.74, 6) is -0.603. The number of carbonyl (C=O) groups is 2. The van der Waals surface area contributed by atoms with Crippen molar-refractivity contribution in [2.75, 3.05) is 6.61 Å². The maximum Gasteiger partial charge on any atom is 0.338 e. The minimum Gasteiger partial charge on any atom is -0.472 e. The average molecular weight is 575 g/mol. The van der Waals surface area contributed by atoms with Gasteiger partial charge in [0.05, 0.1) is 36.9 Å². The second-order valence-corrected chi connectivity index (χ2v) is 14.4. The third-order valence-electron chi connectivity index (χ3n) is 12.5. The lowest BCUT2D eigenvalue weighted by Crippen LogP contribution is -2.73. The van der Waals surface area contributed by atoms with Crippen LogP contribution >= 0.6 is 0 Å². The molecule has 224 valence electrons. The molecule has 7 rings (SSSR count). The molecule has 3 unspecified atom stereocenters. The zero-order chi connectivity index (χ0) is 29.7. The second kappa shape index (κ2) is 9.30. The van der Waals surface area contributed by atoms with Crippen molar-refractivity contribution in [3.63, 3.8) is 0 Å².